The summed E-state index contributed by atoms with van der Waals surface area (Å²) in [5, 5.41) is 0. The number of hydrogen-bond donors (Lipinski definition) is 0. The number of aliphatic imine (C=N–C) groups is 1. The molecule has 7 nitrogen and oxygen atoms in total. The minimum atomic E-state index is 0.0174. The van der Waals surface area contributed by atoms with Gasteiger partial charge in [-0.15, -0.1) is 0 Å². The zero-order valence-electron chi connectivity index (χ0n) is 16.1. The Labute approximate surface area is 164 Å². The Kier molecular flexibility index (Phi) is 5.16. The Hall–Kier alpha value is -3.06. The molecule has 0 atom stereocenters. The smallest absolute Gasteiger partial charge is 0.248 e. The van der Waals surface area contributed by atoms with Crippen molar-refractivity contribution in [1.82, 2.24) is 9.80 Å². The highest BCUT2D eigenvalue weighted by molar-refractivity contribution is 6.04. The van der Waals surface area contributed by atoms with Crippen molar-refractivity contribution in [3.8, 4) is 17.2 Å². The molecule has 0 radical (unpaired) electrons. The van der Waals surface area contributed by atoms with Crippen LogP contribution in [-0.4, -0.2) is 68.5 Å². The standard InChI is InChI=1S/C21H23N3O4/c1-26-14-20(25)23-9-11-24(12-10-23)21-16-8-7-15(27-2)13-19(16)28-18-6-4-3-5-17(18)22-21/h3-8,13H,9-12,14H2,1-2H3. The van der Waals surface area contributed by atoms with Crippen LogP contribution in [-0.2, 0) is 9.53 Å². The second kappa shape index (κ2) is 7.90. The number of nitrogens with zero attached hydrogens (tertiary/aromatic N) is 3. The van der Waals surface area contributed by atoms with Gasteiger partial charge in [0.05, 0.1) is 12.7 Å². The average Bonchev–Trinajstić information content (AvgIpc) is 2.90. The molecule has 2 aliphatic heterocycles. The molecule has 28 heavy (non-hydrogen) atoms. The minimum Gasteiger partial charge on any atom is -0.497 e. The number of benzene rings is 2. The number of rotatable bonds is 3. The third kappa shape index (κ3) is 3.53. The number of ether oxygens (including phenoxy) is 3. The Bertz CT molecular complexity index is 904. The molecule has 1 amide bonds. The van der Waals surface area contributed by atoms with Crippen LogP contribution >= 0.6 is 0 Å². The second-order valence-electron chi connectivity index (χ2n) is 6.67. The summed E-state index contributed by atoms with van der Waals surface area (Å²) in [6.07, 6.45) is 0. The van der Waals surface area contributed by atoms with Crippen LogP contribution in [0.4, 0.5) is 5.69 Å². The number of amides is 1. The van der Waals surface area contributed by atoms with E-state index >= 15 is 0 Å². The van der Waals surface area contributed by atoms with Crippen LogP contribution < -0.4 is 9.47 Å². The molecule has 2 heterocycles. The number of amidine groups is 1. The third-order valence-electron chi connectivity index (χ3n) is 4.94. The van der Waals surface area contributed by atoms with E-state index in [1.54, 1.807) is 7.11 Å². The quantitative estimate of drug-likeness (QED) is 0.818. The van der Waals surface area contributed by atoms with Crippen LogP contribution in [0, 0.1) is 0 Å². The lowest BCUT2D eigenvalue weighted by Gasteiger charge is -2.36. The first-order chi connectivity index (χ1) is 13.7. The molecule has 7 heteroatoms. The van der Waals surface area contributed by atoms with Crippen molar-refractivity contribution in [3.63, 3.8) is 0 Å². The van der Waals surface area contributed by atoms with E-state index in [0.717, 1.165) is 22.8 Å². The fourth-order valence-corrected chi connectivity index (χ4v) is 3.45. The highest BCUT2D eigenvalue weighted by Crippen LogP contribution is 2.39. The maximum Gasteiger partial charge on any atom is 0.248 e. The lowest BCUT2D eigenvalue weighted by molar-refractivity contribution is -0.136. The zero-order chi connectivity index (χ0) is 19.5. The molecule has 0 N–H and O–H groups in total. The van der Waals surface area contributed by atoms with Crippen LogP contribution in [0.5, 0.6) is 17.2 Å². The minimum absolute atomic E-state index is 0.0174. The van der Waals surface area contributed by atoms with Gasteiger partial charge in [0.1, 0.15) is 29.6 Å². The lowest BCUT2D eigenvalue weighted by Crippen LogP contribution is -2.51. The van der Waals surface area contributed by atoms with Crippen molar-refractivity contribution in [1.29, 1.82) is 0 Å². The van der Waals surface area contributed by atoms with E-state index in [0.29, 0.717) is 37.7 Å². The number of fused-ring (bicyclic) bond motifs is 2. The number of piperazine rings is 1. The molecule has 0 spiro atoms. The fourth-order valence-electron chi connectivity index (χ4n) is 3.45. The zero-order valence-corrected chi connectivity index (χ0v) is 16.1. The molecule has 2 aromatic rings. The SMILES string of the molecule is COCC(=O)N1CCN(C2=Nc3ccccc3Oc3cc(OC)ccc32)CC1. The van der Waals surface area contributed by atoms with Gasteiger partial charge in [-0.3, -0.25) is 4.79 Å². The fraction of sp³-hybridized carbons (Fsp3) is 0.333. The van der Waals surface area contributed by atoms with Crippen molar-refractivity contribution in [2.24, 2.45) is 4.99 Å². The Morgan fingerprint density at radius 3 is 2.61 bits per heavy atom. The van der Waals surface area contributed by atoms with E-state index in [4.69, 9.17) is 19.2 Å². The molecule has 4 rings (SSSR count). The molecule has 0 aliphatic carbocycles. The van der Waals surface area contributed by atoms with Gasteiger partial charge >= 0.3 is 0 Å². The first-order valence-electron chi connectivity index (χ1n) is 9.25. The van der Waals surface area contributed by atoms with Crippen LogP contribution in [0.3, 0.4) is 0 Å². The Morgan fingerprint density at radius 2 is 1.86 bits per heavy atom. The van der Waals surface area contributed by atoms with Crippen molar-refractivity contribution < 1.29 is 19.0 Å². The first kappa shape index (κ1) is 18.3. The van der Waals surface area contributed by atoms with E-state index in [-0.39, 0.29) is 12.5 Å². The van der Waals surface area contributed by atoms with E-state index in [9.17, 15) is 4.79 Å². The summed E-state index contributed by atoms with van der Waals surface area (Å²) in [5.41, 5.74) is 1.69. The summed E-state index contributed by atoms with van der Waals surface area (Å²) in [6, 6.07) is 13.5. The van der Waals surface area contributed by atoms with Crippen LogP contribution in [0.1, 0.15) is 5.56 Å². The topological polar surface area (TPSA) is 63.6 Å². The first-order valence-corrected chi connectivity index (χ1v) is 9.25. The maximum absolute atomic E-state index is 12.1. The molecular formula is C21H23N3O4. The summed E-state index contributed by atoms with van der Waals surface area (Å²) >= 11 is 0. The van der Waals surface area contributed by atoms with Gasteiger partial charge in [0.2, 0.25) is 5.91 Å². The van der Waals surface area contributed by atoms with Crippen LogP contribution in [0.15, 0.2) is 47.5 Å². The molecule has 2 aliphatic rings. The van der Waals surface area contributed by atoms with Gasteiger partial charge in [-0.2, -0.15) is 0 Å². The summed E-state index contributed by atoms with van der Waals surface area (Å²) in [6.45, 7) is 2.78. The van der Waals surface area contributed by atoms with Gasteiger partial charge in [0, 0.05) is 39.4 Å². The average molecular weight is 381 g/mol. The van der Waals surface area contributed by atoms with Crippen LogP contribution in [0.25, 0.3) is 0 Å². The second-order valence-corrected chi connectivity index (χ2v) is 6.67. The molecule has 0 aromatic heterocycles. The normalized spacial score (nSPS) is 15.7. The van der Waals surface area contributed by atoms with Crippen molar-refractivity contribution in [2.75, 3.05) is 47.0 Å². The summed E-state index contributed by atoms with van der Waals surface area (Å²) < 4.78 is 16.5. The number of para-hydroxylation sites is 2. The highest BCUT2D eigenvalue weighted by atomic mass is 16.5. The summed E-state index contributed by atoms with van der Waals surface area (Å²) in [5.74, 6) is 3.01. The highest BCUT2D eigenvalue weighted by Gasteiger charge is 2.27. The number of carbonyl (C=O) groups is 1. The Balaban J connectivity index is 1.66. The molecule has 0 bridgehead atoms. The van der Waals surface area contributed by atoms with Gasteiger partial charge in [-0.25, -0.2) is 4.99 Å². The van der Waals surface area contributed by atoms with Crippen LogP contribution in [0.2, 0.25) is 0 Å². The van der Waals surface area contributed by atoms with Gasteiger partial charge < -0.3 is 24.0 Å². The predicted octanol–water partition coefficient (Wildman–Crippen LogP) is 2.67. The largest absolute Gasteiger partial charge is 0.497 e. The van der Waals surface area contributed by atoms with Crippen molar-refractivity contribution >= 4 is 17.4 Å². The van der Waals surface area contributed by atoms with E-state index < -0.39 is 0 Å². The molecule has 1 fully saturated rings. The van der Waals surface area contributed by atoms with Crippen molar-refractivity contribution in [2.45, 2.75) is 0 Å². The van der Waals surface area contributed by atoms with Gasteiger partial charge in [0.25, 0.3) is 0 Å². The molecule has 0 saturated carbocycles. The molecule has 1 saturated heterocycles. The molecule has 146 valence electrons. The van der Waals surface area contributed by atoms with E-state index in [2.05, 4.69) is 4.90 Å². The number of carbonyl (C=O) groups excluding carboxylic acids is 1. The van der Waals surface area contributed by atoms with E-state index in [1.165, 1.54) is 7.11 Å². The predicted molar refractivity (Wildman–Crippen MR) is 106 cm³/mol. The van der Waals surface area contributed by atoms with Gasteiger partial charge in [-0.1, -0.05) is 12.1 Å². The Morgan fingerprint density at radius 1 is 1.07 bits per heavy atom. The maximum atomic E-state index is 12.1. The van der Waals surface area contributed by atoms with Crippen molar-refractivity contribution in [3.05, 3.63) is 48.0 Å². The van der Waals surface area contributed by atoms with E-state index in [1.807, 2.05) is 47.4 Å². The number of hydrogen-bond acceptors (Lipinski definition) is 6. The third-order valence-corrected chi connectivity index (χ3v) is 4.94. The molecule has 0 unspecified atom stereocenters. The van der Waals surface area contributed by atoms with Gasteiger partial charge in [-0.05, 0) is 24.3 Å². The number of methoxy groups -OCH3 is 2. The van der Waals surface area contributed by atoms with Gasteiger partial charge in [0.15, 0.2) is 5.75 Å². The monoisotopic (exact) mass is 381 g/mol. The molecule has 2 aromatic carbocycles. The molecular weight excluding hydrogens is 358 g/mol. The summed E-state index contributed by atoms with van der Waals surface area (Å²) in [7, 11) is 3.18. The lowest BCUT2D eigenvalue weighted by atomic mass is 10.1. The summed E-state index contributed by atoms with van der Waals surface area (Å²) in [4.78, 5) is 21.0.